The molecular formula is C17H24BN3O2. The van der Waals surface area contributed by atoms with Crippen LogP contribution in [-0.2, 0) is 9.31 Å². The van der Waals surface area contributed by atoms with E-state index >= 15 is 0 Å². The van der Waals surface area contributed by atoms with Crippen molar-refractivity contribution >= 4 is 12.6 Å². The van der Waals surface area contributed by atoms with Crippen LogP contribution in [0.4, 0.5) is 0 Å². The molecular weight excluding hydrogens is 289 g/mol. The van der Waals surface area contributed by atoms with Gasteiger partial charge in [-0.3, -0.25) is 4.68 Å². The molecule has 0 aromatic carbocycles. The number of nitriles is 1. The fraction of sp³-hybridized carbons (Fsp3) is 0.765. The van der Waals surface area contributed by atoms with E-state index < -0.39 is 0 Å². The van der Waals surface area contributed by atoms with Crippen LogP contribution in [-0.4, -0.2) is 28.1 Å². The summed E-state index contributed by atoms with van der Waals surface area (Å²) in [4.78, 5) is 0. The highest BCUT2D eigenvalue weighted by Crippen LogP contribution is 2.47. The van der Waals surface area contributed by atoms with E-state index in [2.05, 4.69) is 44.6 Å². The number of nitrogens with zero attached hydrogens (tertiary/aromatic N) is 3. The predicted molar refractivity (Wildman–Crippen MR) is 87.3 cm³/mol. The number of hydrogen-bond acceptors (Lipinski definition) is 4. The van der Waals surface area contributed by atoms with Gasteiger partial charge in [-0.1, -0.05) is 0 Å². The van der Waals surface area contributed by atoms with E-state index in [1.807, 2.05) is 0 Å². The molecule has 3 aliphatic rings. The van der Waals surface area contributed by atoms with Gasteiger partial charge < -0.3 is 9.31 Å². The smallest absolute Gasteiger partial charge is 0.399 e. The normalized spacial score (nSPS) is 31.7. The average molecular weight is 313 g/mol. The van der Waals surface area contributed by atoms with Gasteiger partial charge in [-0.05, 0) is 53.4 Å². The van der Waals surface area contributed by atoms with Crippen LogP contribution in [0.15, 0.2) is 6.20 Å². The first-order valence-corrected chi connectivity index (χ1v) is 8.66. The fourth-order valence-corrected chi connectivity index (χ4v) is 3.34. The fourth-order valence-electron chi connectivity index (χ4n) is 3.34. The summed E-state index contributed by atoms with van der Waals surface area (Å²) >= 11 is 0. The van der Waals surface area contributed by atoms with E-state index in [4.69, 9.17) is 14.4 Å². The monoisotopic (exact) mass is 313 g/mol. The second kappa shape index (κ2) is 4.84. The molecule has 0 spiro atoms. The predicted octanol–water partition coefficient (Wildman–Crippen LogP) is 2.53. The van der Waals surface area contributed by atoms with Gasteiger partial charge in [0, 0.05) is 17.6 Å². The van der Waals surface area contributed by atoms with Crippen molar-refractivity contribution in [3.05, 3.63) is 11.9 Å². The lowest BCUT2D eigenvalue weighted by atomic mass is 9.78. The minimum absolute atomic E-state index is 0.0981. The molecule has 0 N–H and O–H groups in total. The molecule has 1 unspecified atom stereocenters. The first-order valence-electron chi connectivity index (χ1n) is 8.66. The maximum Gasteiger partial charge on any atom is 0.498 e. The zero-order valence-corrected chi connectivity index (χ0v) is 14.4. The van der Waals surface area contributed by atoms with Crippen LogP contribution in [0.5, 0.6) is 0 Å². The summed E-state index contributed by atoms with van der Waals surface area (Å²) in [5.74, 6) is 0.344. The van der Waals surface area contributed by atoms with Crippen LogP contribution in [0, 0.1) is 17.2 Å². The number of hydrogen-bond donors (Lipinski definition) is 0. The first-order chi connectivity index (χ1) is 10.8. The molecule has 6 heteroatoms. The first kappa shape index (κ1) is 15.2. The van der Waals surface area contributed by atoms with Crippen molar-refractivity contribution in [3.8, 4) is 6.07 Å². The molecule has 1 saturated heterocycles. The summed E-state index contributed by atoms with van der Waals surface area (Å²) < 4.78 is 14.5. The summed E-state index contributed by atoms with van der Waals surface area (Å²) in [5, 5.41) is 14.0. The van der Waals surface area contributed by atoms with Gasteiger partial charge in [0.15, 0.2) is 0 Å². The lowest BCUT2D eigenvalue weighted by molar-refractivity contribution is 0.00578. The maximum atomic E-state index is 9.19. The second-order valence-electron chi connectivity index (χ2n) is 8.20. The van der Waals surface area contributed by atoms with Crippen LogP contribution < -0.4 is 5.46 Å². The largest absolute Gasteiger partial charge is 0.498 e. The van der Waals surface area contributed by atoms with Crippen molar-refractivity contribution in [3.63, 3.8) is 0 Å². The maximum absolute atomic E-state index is 9.19. The lowest BCUT2D eigenvalue weighted by Crippen LogP contribution is -2.41. The minimum atomic E-state index is -0.385. The van der Waals surface area contributed by atoms with Crippen LogP contribution in [0.3, 0.4) is 0 Å². The van der Waals surface area contributed by atoms with Crippen molar-refractivity contribution in [2.24, 2.45) is 5.92 Å². The third-order valence-corrected chi connectivity index (χ3v) is 6.05. The summed E-state index contributed by atoms with van der Waals surface area (Å²) in [7, 11) is -0.385. The average Bonchev–Trinajstić information content (AvgIpc) is 3.01. The van der Waals surface area contributed by atoms with Crippen molar-refractivity contribution in [1.29, 1.82) is 5.26 Å². The molecule has 23 heavy (non-hydrogen) atoms. The molecule has 2 saturated carbocycles. The van der Waals surface area contributed by atoms with Gasteiger partial charge in [0.05, 0.1) is 34.9 Å². The van der Waals surface area contributed by atoms with Crippen LogP contribution >= 0.6 is 0 Å². The standard InChI is InChI=1S/C17H24BN3O2/c1-16(2)17(3,4)23-18(22-16)14-10-21(12-6-5-7-12)20-15(14)13-8-11(13)9-19/h10-13H,5-8H2,1-4H3/t11-,13?/m1/s1. The van der Waals surface area contributed by atoms with Crippen molar-refractivity contribution < 1.29 is 9.31 Å². The molecule has 2 heterocycles. The molecule has 5 nitrogen and oxygen atoms in total. The van der Waals surface area contributed by atoms with Gasteiger partial charge in [0.2, 0.25) is 0 Å². The molecule has 1 aromatic rings. The molecule has 1 aromatic heterocycles. The van der Waals surface area contributed by atoms with Crippen LogP contribution in [0.2, 0.25) is 0 Å². The Kier molecular flexibility index (Phi) is 3.21. The van der Waals surface area contributed by atoms with Gasteiger partial charge in [-0.2, -0.15) is 10.4 Å². The second-order valence-corrected chi connectivity index (χ2v) is 8.20. The zero-order chi connectivity index (χ0) is 16.4. The lowest BCUT2D eigenvalue weighted by Gasteiger charge is -2.32. The van der Waals surface area contributed by atoms with Gasteiger partial charge in [-0.25, -0.2) is 0 Å². The molecule has 2 aliphatic carbocycles. The summed E-state index contributed by atoms with van der Waals surface area (Å²) in [6.45, 7) is 8.27. The Morgan fingerprint density at radius 1 is 1.26 bits per heavy atom. The van der Waals surface area contributed by atoms with Gasteiger partial charge in [0.1, 0.15) is 0 Å². The van der Waals surface area contributed by atoms with E-state index in [0.717, 1.165) is 17.6 Å². The van der Waals surface area contributed by atoms with Gasteiger partial charge in [-0.15, -0.1) is 0 Å². The highest BCUT2D eigenvalue weighted by Gasteiger charge is 2.54. The molecule has 1 aliphatic heterocycles. The molecule has 4 rings (SSSR count). The summed E-state index contributed by atoms with van der Waals surface area (Å²) in [6, 6.07) is 2.88. The Labute approximate surface area is 138 Å². The third-order valence-electron chi connectivity index (χ3n) is 6.05. The van der Waals surface area contributed by atoms with E-state index in [-0.39, 0.29) is 30.2 Å². The summed E-state index contributed by atoms with van der Waals surface area (Å²) in [6.07, 6.45) is 6.67. The van der Waals surface area contributed by atoms with E-state index in [9.17, 15) is 5.26 Å². The van der Waals surface area contributed by atoms with E-state index in [1.54, 1.807) is 0 Å². The Bertz CT molecular complexity index is 656. The molecule has 0 radical (unpaired) electrons. The van der Waals surface area contributed by atoms with E-state index in [0.29, 0.717) is 6.04 Å². The number of rotatable bonds is 3. The SMILES string of the molecule is CC1(C)OB(c2cn(C3CCC3)nc2C2C[C@@H]2C#N)OC1(C)C. The molecule has 0 bridgehead atoms. The molecule has 3 fully saturated rings. The Hall–Kier alpha value is -1.32. The minimum Gasteiger partial charge on any atom is -0.399 e. The summed E-state index contributed by atoms with van der Waals surface area (Å²) in [5.41, 5.74) is 1.33. The van der Waals surface area contributed by atoms with Crippen molar-refractivity contribution in [2.45, 2.75) is 76.5 Å². The zero-order valence-electron chi connectivity index (χ0n) is 14.4. The van der Waals surface area contributed by atoms with Crippen molar-refractivity contribution in [2.75, 3.05) is 0 Å². The highest BCUT2D eigenvalue weighted by molar-refractivity contribution is 6.62. The molecule has 122 valence electrons. The molecule has 0 amide bonds. The van der Waals surface area contributed by atoms with Crippen LogP contribution in [0.25, 0.3) is 0 Å². The Morgan fingerprint density at radius 3 is 2.39 bits per heavy atom. The Morgan fingerprint density at radius 2 is 1.91 bits per heavy atom. The molecule has 2 atom stereocenters. The quantitative estimate of drug-likeness (QED) is 0.805. The Balaban J connectivity index is 1.67. The van der Waals surface area contributed by atoms with Gasteiger partial charge >= 0.3 is 7.12 Å². The van der Waals surface area contributed by atoms with E-state index in [1.165, 1.54) is 19.3 Å². The van der Waals surface area contributed by atoms with Crippen LogP contribution in [0.1, 0.15) is 71.0 Å². The van der Waals surface area contributed by atoms with Gasteiger partial charge in [0.25, 0.3) is 0 Å². The third kappa shape index (κ3) is 2.33. The number of aromatic nitrogens is 2. The highest BCUT2D eigenvalue weighted by atomic mass is 16.7. The van der Waals surface area contributed by atoms with Crippen molar-refractivity contribution in [1.82, 2.24) is 9.78 Å². The topological polar surface area (TPSA) is 60.1 Å².